The van der Waals surface area contributed by atoms with Gasteiger partial charge in [-0.1, -0.05) is 42.2 Å². The zero-order chi connectivity index (χ0) is 22.8. The molecule has 1 aliphatic rings. The third-order valence-corrected chi connectivity index (χ3v) is 6.64. The molecule has 0 unspecified atom stereocenters. The van der Waals surface area contributed by atoms with E-state index in [0.29, 0.717) is 21.9 Å². The lowest BCUT2D eigenvalue weighted by Crippen LogP contribution is -2.33. The van der Waals surface area contributed by atoms with Crippen molar-refractivity contribution in [2.75, 3.05) is 13.7 Å². The molecule has 1 N–H and O–H groups in total. The van der Waals surface area contributed by atoms with Crippen LogP contribution < -0.4 is 4.74 Å². The van der Waals surface area contributed by atoms with E-state index in [-0.39, 0.29) is 4.32 Å². The predicted octanol–water partition coefficient (Wildman–Crippen LogP) is 4.60. The van der Waals surface area contributed by atoms with Crippen molar-refractivity contribution in [2.24, 2.45) is 0 Å². The first-order valence-corrected chi connectivity index (χ1v) is 11.4. The second-order valence-corrected chi connectivity index (χ2v) is 9.25. The second-order valence-electron chi connectivity index (χ2n) is 6.72. The maximum absolute atomic E-state index is 12.8. The number of ether oxygens (including phenoxy) is 1. The Balaban J connectivity index is 1.80. The normalized spacial score (nSPS) is 14.9. The van der Waals surface area contributed by atoms with Crippen molar-refractivity contribution in [3.63, 3.8) is 0 Å². The van der Waals surface area contributed by atoms with Crippen molar-refractivity contribution in [3.05, 3.63) is 69.7 Å². The predicted molar refractivity (Wildman–Crippen MR) is 131 cm³/mol. The first kappa shape index (κ1) is 22.3. The fourth-order valence-electron chi connectivity index (χ4n) is 3.16. The largest absolute Gasteiger partial charge is 0.496 e. The number of halogens is 1. The smallest absolute Gasteiger partial charge is 0.323 e. The number of aromatic nitrogens is 2. The molecule has 0 bridgehead atoms. The number of thiocarbonyl (C=S) groups is 1. The molecule has 32 heavy (non-hydrogen) atoms. The van der Waals surface area contributed by atoms with Crippen LogP contribution in [0.1, 0.15) is 5.56 Å². The van der Waals surface area contributed by atoms with Gasteiger partial charge in [-0.3, -0.25) is 14.5 Å². The summed E-state index contributed by atoms with van der Waals surface area (Å²) in [6, 6.07) is 15.2. The minimum Gasteiger partial charge on any atom is -0.496 e. The summed E-state index contributed by atoms with van der Waals surface area (Å²) in [5.41, 5.74) is 3.03. The van der Waals surface area contributed by atoms with Gasteiger partial charge in [0.15, 0.2) is 0 Å². The molecule has 0 aliphatic carbocycles. The number of amides is 1. The highest BCUT2D eigenvalue weighted by molar-refractivity contribution is 9.10. The molecule has 0 atom stereocenters. The van der Waals surface area contributed by atoms with Crippen LogP contribution in [0.3, 0.4) is 0 Å². The van der Waals surface area contributed by atoms with E-state index in [1.54, 1.807) is 17.9 Å². The molecule has 1 aromatic heterocycles. The van der Waals surface area contributed by atoms with Gasteiger partial charge in [-0.15, -0.1) is 0 Å². The summed E-state index contributed by atoms with van der Waals surface area (Å²) >= 11 is 9.79. The Labute approximate surface area is 201 Å². The lowest BCUT2D eigenvalue weighted by molar-refractivity contribution is -0.140. The molecule has 4 rings (SSSR count). The van der Waals surface area contributed by atoms with Gasteiger partial charge in [0.05, 0.1) is 22.2 Å². The summed E-state index contributed by atoms with van der Waals surface area (Å²) in [7, 11) is 1.59. The van der Waals surface area contributed by atoms with Crippen molar-refractivity contribution in [2.45, 2.75) is 0 Å². The van der Waals surface area contributed by atoms with Crippen LogP contribution in [-0.4, -0.2) is 49.6 Å². The van der Waals surface area contributed by atoms with Crippen molar-refractivity contribution in [1.82, 2.24) is 14.7 Å². The highest BCUT2D eigenvalue weighted by Crippen LogP contribution is 2.36. The van der Waals surface area contributed by atoms with E-state index in [9.17, 15) is 9.59 Å². The van der Waals surface area contributed by atoms with Crippen LogP contribution in [0.15, 0.2) is 64.1 Å². The van der Waals surface area contributed by atoms with Crippen LogP contribution in [0.2, 0.25) is 0 Å². The lowest BCUT2D eigenvalue weighted by Gasteiger charge is -2.10. The lowest BCUT2D eigenvalue weighted by atomic mass is 10.1. The molecule has 0 radical (unpaired) electrons. The Morgan fingerprint density at radius 2 is 2.03 bits per heavy atom. The van der Waals surface area contributed by atoms with Gasteiger partial charge in [0.1, 0.15) is 22.3 Å². The number of benzene rings is 2. The average molecular weight is 530 g/mol. The molecule has 162 valence electrons. The fourth-order valence-corrected chi connectivity index (χ4v) is 4.94. The molecule has 7 nitrogen and oxygen atoms in total. The first-order valence-electron chi connectivity index (χ1n) is 9.33. The Morgan fingerprint density at radius 1 is 1.28 bits per heavy atom. The van der Waals surface area contributed by atoms with Gasteiger partial charge in [0, 0.05) is 17.3 Å². The number of nitrogens with zero attached hydrogens (tertiary/aromatic N) is 3. The SMILES string of the molecule is COc1ccc(-c2nn(-c3ccccc3)cc2/C=C2\SC(=S)N(CC(=O)O)C2=O)cc1Br. The highest BCUT2D eigenvalue weighted by atomic mass is 79.9. The van der Waals surface area contributed by atoms with Crippen molar-refractivity contribution >= 4 is 62.2 Å². The van der Waals surface area contributed by atoms with E-state index < -0.39 is 18.4 Å². The third-order valence-electron chi connectivity index (χ3n) is 4.64. The molecular weight excluding hydrogens is 514 g/mol. The highest BCUT2D eigenvalue weighted by Gasteiger charge is 2.33. The fraction of sp³-hybridized carbons (Fsp3) is 0.0909. The standard InChI is InChI=1S/C22H16BrN3O4S2/c1-30-17-8-7-13(9-16(17)23)20-14(11-26(24-20)15-5-3-2-4-6-15)10-18-21(29)25(12-19(27)28)22(31)32-18/h2-11H,12H2,1H3,(H,27,28)/b18-10-. The van der Waals surface area contributed by atoms with Gasteiger partial charge in [-0.25, -0.2) is 4.68 Å². The quantitative estimate of drug-likeness (QED) is 0.369. The van der Waals surface area contributed by atoms with Crippen LogP contribution in [0.4, 0.5) is 0 Å². The minimum absolute atomic E-state index is 0.216. The van der Waals surface area contributed by atoms with Crippen molar-refractivity contribution in [3.8, 4) is 22.7 Å². The molecule has 1 fully saturated rings. The number of carboxylic acids is 1. The number of carbonyl (C=O) groups excluding carboxylic acids is 1. The number of thioether (sulfide) groups is 1. The van der Waals surface area contributed by atoms with Crippen LogP contribution in [0.25, 0.3) is 23.0 Å². The topological polar surface area (TPSA) is 84.7 Å². The number of hydrogen-bond donors (Lipinski definition) is 1. The van der Waals surface area contributed by atoms with Crippen LogP contribution in [-0.2, 0) is 9.59 Å². The number of rotatable bonds is 6. The Bertz CT molecular complexity index is 1260. The van der Waals surface area contributed by atoms with Gasteiger partial charge in [0.2, 0.25) is 0 Å². The van der Waals surface area contributed by atoms with Gasteiger partial charge in [-0.05, 0) is 52.3 Å². The number of aliphatic carboxylic acids is 1. The zero-order valence-corrected chi connectivity index (χ0v) is 19.9. The van der Waals surface area contributed by atoms with E-state index in [1.165, 1.54) is 0 Å². The Morgan fingerprint density at radius 3 is 2.69 bits per heavy atom. The molecule has 1 aliphatic heterocycles. The van der Waals surface area contributed by atoms with E-state index in [2.05, 4.69) is 15.9 Å². The Hall–Kier alpha value is -2.95. The third kappa shape index (κ3) is 4.47. The number of carbonyl (C=O) groups is 2. The van der Waals surface area contributed by atoms with Crippen molar-refractivity contribution in [1.29, 1.82) is 0 Å². The Kier molecular flexibility index (Phi) is 6.45. The molecular formula is C22H16BrN3O4S2. The van der Waals surface area contributed by atoms with Gasteiger partial charge >= 0.3 is 5.97 Å². The second kappa shape index (κ2) is 9.27. The molecule has 2 aromatic carbocycles. The number of methoxy groups -OCH3 is 1. The average Bonchev–Trinajstić information content (AvgIpc) is 3.31. The molecule has 0 saturated carbocycles. The molecule has 3 aromatic rings. The summed E-state index contributed by atoms with van der Waals surface area (Å²) in [5.74, 6) is -0.868. The van der Waals surface area contributed by atoms with Gasteiger partial charge in [-0.2, -0.15) is 5.10 Å². The van der Waals surface area contributed by atoms with E-state index in [0.717, 1.165) is 32.4 Å². The van der Waals surface area contributed by atoms with Gasteiger partial charge in [0.25, 0.3) is 5.91 Å². The summed E-state index contributed by atoms with van der Waals surface area (Å²) in [6.07, 6.45) is 3.52. The maximum atomic E-state index is 12.8. The number of para-hydroxylation sites is 1. The summed E-state index contributed by atoms with van der Waals surface area (Å²) in [4.78, 5) is 25.3. The monoisotopic (exact) mass is 529 g/mol. The first-order chi connectivity index (χ1) is 15.4. The minimum atomic E-state index is -1.12. The van der Waals surface area contributed by atoms with Crippen LogP contribution in [0.5, 0.6) is 5.75 Å². The molecule has 10 heteroatoms. The molecule has 2 heterocycles. The van der Waals surface area contributed by atoms with E-state index in [1.807, 2.05) is 54.7 Å². The van der Waals surface area contributed by atoms with E-state index >= 15 is 0 Å². The number of carboxylic acid groups (broad SMARTS) is 1. The van der Waals surface area contributed by atoms with Crippen molar-refractivity contribution < 1.29 is 19.4 Å². The molecule has 0 spiro atoms. The summed E-state index contributed by atoms with van der Waals surface area (Å²) < 4.78 is 8.04. The number of hydrogen-bond acceptors (Lipinski definition) is 6. The van der Waals surface area contributed by atoms with Crippen LogP contribution >= 0.6 is 39.9 Å². The maximum Gasteiger partial charge on any atom is 0.323 e. The summed E-state index contributed by atoms with van der Waals surface area (Å²) in [6.45, 7) is -0.469. The van der Waals surface area contributed by atoms with Crippen LogP contribution in [0, 0.1) is 0 Å². The van der Waals surface area contributed by atoms with E-state index in [4.69, 9.17) is 27.2 Å². The zero-order valence-electron chi connectivity index (χ0n) is 16.7. The summed E-state index contributed by atoms with van der Waals surface area (Å²) in [5, 5.41) is 13.8. The van der Waals surface area contributed by atoms with Gasteiger partial charge < -0.3 is 9.84 Å². The molecule has 1 amide bonds. The molecule has 1 saturated heterocycles.